The molecule has 40 heavy (non-hydrogen) atoms. The SMILES string of the molecule is C[C@H](/C=C/CC(=O)N1CCC[C@H]1CO)[C@@]1(O)C(=O)N(Cc2ccc(NC(=O)[C@H]3CCCN3)cc2)c2ccccc21. The number of hydrogen-bond donors (Lipinski definition) is 4. The quantitative estimate of drug-likeness (QED) is 0.359. The third-order valence-electron chi connectivity index (χ3n) is 8.40. The topological polar surface area (TPSA) is 122 Å². The first kappa shape index (κ1) is 28.0. The first-order valence-electron chi connectivity index (χ1n) is 14.2. The standard InChI is InChI=1S/C31H38N4O5/c1-21(7-4-12-28(37)34-18-6-8-24(34)20-36)31(40)25-9-2-3-11-27(25)35(30(31)39)19-22-13-15-23(16-14-22)33-29(38)26-10-5-17-32-26/h2-4,7,9,11,13-16,21,24,26,32,36,40H,5-6,8,10,12,17-20H2,1H3,(H,33,38)/b7-4+/t21-,24+,26-,31+/m1/s1. The number of para-hydroxylation sites is 1. The van der Waals surface area contributed by atoms with Crippen LogP contribution in [0.5, 0.6) is 0 Å². The maximum Gasteiger partial charge on any atom is 0.264 e. The Kier molecular flexibility index (Phi) is 8.35. The molecule has 9 nitrogen and oxygen atoms in total. The van der Waals surface area contributed by atoms with Gasteiger partial charge in [-0.3, -0.25) is 14.4 Å². The van der Waals surface area contributed by atoms with Crippen LogP contribution in [-0.2, 0) is 26.5 Å². The zero-order valence-electron chi connectivity index (χ0n) is 22.9. The van der Waals surface area contributed by atoms with E-state index in [0.717, 1.165) is 37.8 Å². The molecule has 2 aromatic carbocycles. The number of hydrogen-bond acceptors (Lipinski definition) is 6. The number of anilines is 2. The van der Waals surface area contributed by atoms with E-state index in [-0.39, 0.29) is 43.5 Å². The average molecular weight is 547 g/mol. The number of aliphatic hydroxyl groups is 2. The third-order valence-corrected chi connectivity index (χ3v) is 8.40. The summed E-state index contributed by atoms with van der Waals surface area (Å²) in [5.41, 5.74) is 0.983. The van der Waals surface area contributed by atoms with Crippen LogP contribution in [0.25, 0.3) is 0 Å². The Bertz CT molecular complexity index is 1270. The van der Waals surface area contributed by atoms with Crippen molar-refractivity contribution >= 4 is 29.1 Å². The molecule has 0 radical (unpaired) electrons. The molecule has 4 N–H and O–H groups in total. The molecule has 3 aliphatic rings. The monoisotopic (exact) mass is 546 g/mol. The van der Waals surface area contributed by atoms with Gasteiger partial charge in [-0.15, -0.1) is 0 Å². The lowest BCUT2D eigenvalue weighted by atomic mass is 9.83. The molecule has 3 aliphatic heterocycles. The largest absolute Gasteiger partial charge is 0.394 e. The van der Waals surface area contributed by atoms with Gasteiger partial charge in [-0.05, 0) is 56.0 Å². The summed E-state index contributed by atoms with van der Waals surface area (Å²) in [7, 11) is 0. The van der Waals surface area contributed by atoms with E-state index in [9.17, 15) is 24.6 Å². The van der Waals surface area contributed by atoms with E-state index in [1.807, 2.05) is 36.4 Å². The van der Waals surface area contributed by atoms with E-state index in [2.05, 4.69) is 10.6 Å². The predicted octanol–water partition coefficient (Wildman–Crippen LogP) is 2.68. The van der Waals surface area contributed by atoms with Gasteiger partial charge in [0.15, 0.2) is 5.60 Å². The van der Waals surface area contributed by atoms with E-state index in [0.29, 0.717) is 23.5 Å². The van der Waals surface area contributed by atoms with Crippen molar-refractivity contribution in [2.75, 3.05) is 29.9 Å². The molecule has 5 rings (SSSR count). The molecule has 4 atom stereocenters. The molecule has 0 aromatic heterocycles. The molecule has 2 aromatic rings. The number of nitrogens with one attached hydrogen (secondary N) is 2. The molecule has 2 fully saturated rings. The molecule has 0 unspecified atom stereocenters. The van der Waals surface area contributed by atoms with Crippen LogP contribution in [0.1, 0.15) is 50.2 Å². The summed E-state index contributed by atoms with van der Waals surface area (Å²) in [5.74, 6) is -1.10. The molecular weight excluding hydrogens is 508 g/mol. The Morgan fingerprint density at radius 1 is 1.15 bits per heavy atom. The summed E-state index contributed by atoms with van der Waals surface area (Å²) < 4.78 is 0. The first-order valence-corrected chi connectivity index (χ1v) is 14.2. The minimum atomic E-state index is -1.76. The highest BCUT2D eigenvalue weighted by Crippen LogP contribution is 2.45. The molecule has 3 heterocycles. The number of aliphatic hydroxyl groups excluding tert-OH is 1. The van der Waals surface area contributed by atoms with Gasteiger partial charge in [-0.1, -0.05) is 49.4 Å². The molecular formula is C31H38N4O5. The Labute approximate surface area is 234 Å². The fraction of sp³-hybridized carbons (Fsp3) is 0.452. The molecule has 0 aliphatic carbocycles. The second-order valence-electron chi connectivity index (χ2n) is 11.0. The highest BCUT2D eigenvalue weighted by Gasteiger charge is 2.52. The van der Waals surface area contributed by atoms with Crippen LogP contribution in [0.2, 0.25) is 0 Å². The second-order valence-corrected chi connectivity index (χ2v) is 11.0. The molecule has 0 saturated carbocycles. The van der Waals surface area contributed by atoms with Gasteiger partial charge in [0.25, 0.3) is 5.91 Å². The zero-order chi connectivity index (χ0) is 28.3. The van der Waals surface area contributed by atoms with Crippen LogP contribution >= 0.6 is 0 Å². The minimum Gasteiger partial charge on any atom is -0.394 e. The highest BCUT2D eigenvalue weighted by molar-refractivity contribution is 6.07. The number of benzene rings is 2. The van der Waals surface area contributed by atoms with Crippen molar-refractivity contribution in [1.82, 2.24) is 10.2 Å². The van der Waals surface area contributed by atoms with Crippen LogP contribution in [0, 0.1) is 5.92 Å². The molecule has 3 amide bonds. The molecule has 212 valence electrons. The van der Waals surface area contributed by atoms with E-state index < -0.39 is 17.4 Å². The number of fused-ring (bicyclic) bond motifs is 1. The van der Waals surface area contributed by atoms with Crippen molar-refractivity contribution in [3.8, 4) is 0 Å². The van der Waals surface area contributed by atoms with E-state index in [4.69, 9.17) is 0 Å². The highest BCUT2D eigenvalue weighted by atomic mass is 16.3. The van der Waals surface area contributed by atoms with E-state index in [1.54, 1.807) is 41.0 Å². The van der Waals surface area contributed by atoms with Crippen molar-refractivity contribution in [3.63, 3.8) is 0 Å². The lowest BCUT2D eigenvalue weighted by Gasteiger charge is -2.28. The number of carbonyl (C=O) groups is 3. The lowest BCUT2D eigenvalue weighted by molar-refractivity contribution is -0.139. The maximum atomic E-state index is 13.8. The van der Waals surface area contributed by atoms with Crippen LogP contribution in [0.3, 0.4) is 0 Å². The Balaban J connectivity index is 1.27. The van der Waals surface area contributed by atoms with Crippen molar-refractivity contribution in [1.29, 1.82) is 0 Å². The fourth-order valence-corrected chi connectivity index (χ4v) is 6.06. The number of nitrogens with zero attached hydrogens (tertiary/aromatic N) is 2. The summed E-state index contributed by atoms with van der Waals surface area (Å²) >= 11 is 0. The summed E-state index contributed by atoms with van der Waals surface area (Å²) in [4.78, 5) is 42.1. The minimum absolute atomic E-state index is 0.0396. The van der Waals surface area contributed by atoms with E-state index >= 15 is 0 Å². The number of carbonyl (C=O) groups excluding carboxylic acids is 3. The molecule has 9 heteroatoms. The normalized spacial score (nSPS) is 25.0. The van der Waals surface area contributed by atoms with Crippen molar-refractivity contribution in [3.05, 3.63) is 71.8 Å². The summed E-state index contributed by atoms with van der Waals surface area (Å²) in [5, 5.41) is 27.4. The van der Waals surface area contributed by atoms with E-state index in [1.165, 1.54) is 0 Å². The Hall–Kier alpha value is -3.53. The lowest BCUT2D eigenvalue weighted by Crippen LogP contribution is -2.44. The molecule has 0 bridgehead atoms. The van der Waals surface area contributed by atoms with Gasteiger partial charge in [0.1, 0.15) is 0 Å². The Morgan fingerprint density at radius 3 is 2.65 bits per heavy atom. The van der Waals surface area contributed by atoms with Crippen LogP contribution in [-0.4, -0.2) is 64.6 Å². The first-order chi connectivity index (χ1) is 19.3. The summed E-state index contributed by atoms with van der Waals surface area (Å²) in [6.45, 7) is 3.50. The summed E-state index contributed by atoms with van der Waals surface area (Å²) in [6.07, 6.45) is 7.10. The fourth-order valence-electron chi connectivity index (χ4n) is 6.06. The van der Waals surface area contributed by atoms with Gasteiger partial charge < -0.3 is 30.6 Å². The number of likely N-dealkylation sites (tertiary alicyclic amines) is 1. The molecule has 0 spiro atoms. The molecule has 2 saturated heterocycles. The van der Waals surface area contributed by atoms with Gasteiger partial charge in [0.05, 0.1) is 30.9 Å². The third kappa shape index (κ3) is 5.41. The maximum absolute atomic E-state index is 13.8. The van der Waals surface area contributed by atoms with Gasteiger partial charge in [-0.25, -0.2) is 0 Å². The van der Waals surface area contributed by atoms with Crippen LogP contribution in [0.4, 0.5) is 11.4 Å². The van der Waals surface area contributed by atoms with Crippen molar-refractivity contribution in [2.45, 2.75) is 63.3 Å². The Morgan fingerprint density at radius 2 is 1.93 bits per heavy atom. The van der Waals surface area contributed by atoms with Gasteiger partial charge >= 0.3 is 0 Å². The summed E-state index contributed by atoms with van der Waals surface area (Å²) in [6, 6.07) is 14.3. The average Bonchev–Trinajstić information content (AvgIpc) is 3.72. The van der Waals surface area contributed by atoms with Crippen LogP contribution < -0.4 is 15.5 Å². The van der Waals surface area contributed by atoms with Gasteiger partial charge in [0.2, 0.25) is 11.8 Å². The van der Waals surface area contributed by atoms with Crippen LogP contribution in [0.15, 0.2) is 60.7 Å². The van der Waals surface area contributed by atoms with Crippen molar-refractivity contribution in [2.24, 2.45) is 5.92 Å². The number of amides is 3. The zero-order valence-corrected chi connectivity index (χ0v) is 22.9. The second kappa shape index (κ2) is 11.9. The van der Waals surface area contributed by atoms with Gasteiger partial charge in [-0.2, -0.15) is 0 Å². The van der Waals surface area contributed by atoms with Crippen molar-refractivity contribution < 1.29 is 24.6 Å². The predicted molar refractivity (Wildman–Crippen MR) is 152 cm³/mol. The smallest absolute Gasteiger partial charge is 0.264 e. The van der Waals surface area contributed by atoms with Gasteiger partial charge in [0, 0.05) is 30.1 Å². The number of rotatable bonds is 9.